The van der Waals surface area contributed by atoms with Gasteiger partial charge in [0.15, 0.2) is 17.9 Å². The van der Waals surface area contributed by atoms with Crippen LogP contribution in [0.25, 0.3) is 0 Å². The average Bonchev–Trinajstić information content (AvgIpc) is 2.87. The Balaban J connectivity index is 1.68. The van der Waals surface area contributed by atoms with E-state index in [0.29, 0.717) is 0 Å². The van der Waals surface area contributed by atoms with Crippen LogP contribution in [-0.4, -0.2) is 75.0 Å². The highest BCUT2D eigenvalue weighted by atomic mass is 16.7. The number of carbonyl (C=O) groups excluding carboxylic acids is 3. The van der Waals surface area contributed by atoms with Crippen molar-refractivity contribution < 1.29 is 49.0 Å². The third kappa shape index (κ3) is 3.81. The summed E-state index contributed by atoms with van der Waals surface area (Å²) >= 11 is 0. The van der Waals surface area contributed by atoms with Crippen molar-refractivity contribution in [2.45, 2.75) is 69.4 Å². The molecule has 2 aliphatic carbocycles. The SMILES string of the molecule is COc1cccc2c1C(=O)c1c(O)c3c(c(O)c1C2=O)C[C@@](O)(C(C)=O)C[C@@H]3O[C@H]1C[C@@H](N)[C@@H](O)[C@@H](C)O1. The number of hydrogen-bond donors (Lipinski definition) is 5. The van der Waals surface area contributed by atoms with Crippen LogP contribution in [-0.2, 0) is 20.7 Å². The van der Waals surface area contributed by atoms with E-state index in [0.717, 1.165) is 0 Å². The minimum absolute atomic E-state index is 0.0147. The van der Waals surface area contributed by atoms with Gasteiger partial charge in [0, 0.05) is 42.0 Å². The lowest BCUT2D eigenvalue weighted by molar-refractivity contribution is -0.247. The van der Waals surface area contributed by atoms with E-state index >= 15 is 0 Å². The number of aromatic hydroxyl groups is 2. The highest BCUT2D eigenvalue weighted by Crippen LogP contribution is 2.52. The fourth-order valence-corrected chi connectivity index (χ4v) is 5.66. The molecule has 2 aromatic rings. The topological polar surface area (TPSA) is 186 Å². The van der Waals surface area contributed by atoms with Gasteiger partial charge in [-0.05, 0) is 19.9 Å². The van der Waals surface area contributed by atoms with Crippen LogP contribution in [0.5, 0.6) is 17.2 Å². The summed E-state index contributed by atoms with van der Waals surface area (Å²) in [7, 11) is 1.34. The van der Waals surface area contributed by atoms with E-state index in [1.165, 1.54) is 32.2 Å². The Hall–Kier alpha value is -3.35. The number of phenolic OH excluding ortho intramolecular Hbond substituents is 2. The molecule has 0 bridgehead atoms. The molecule has 5 rings (SSSR count). The van der Waals surface area contributed by atoms with Gasteiger partial charge in [0.25, 0.3) is 0 Å². The van der Waals surface area contributed by atoms with Gasteiger partial charge in [-0.2, -0.15) is 0 Å². The first-order chi connectivity index (χ1) is 17.9. The molecule has 6 N–H and O–H groups in total. The second kappa shape index (κ2) is 9.14. The van der Waals surface area contributed by atoms with Crippen molar-refractivity contribution >= 4 is 17.3 Å². The van der Waals surface area contributed by atoms with E-state index < -0.39 is 82.6 Å². The first-order valence-electron chi connectivity index (χ1n) is 12.2. The third-order valence-electron chi connectivity index (χ3n) is 7.80. The Morgan fingerprint density at radius 3 is 2.45 bits per heavy atom. The lowest BCUT2D eigenvalue weighted by Gasteiger charge is -2.42. The standard InChI is InChI=1S/C27H29NO10/c1-10-22(30)14(28)7-17(37-10)38-16-9-27(35,11(2)29)8-13-19(16)26(34)21-20(24(13)32)23(31)12-5-4-6-15(36-3)18(12)25(21)33/h4-6,10,14,16-17,22,30,32,34-35H,7-9,28H2,1-3H3/t10-,14-,16+,17+,22+,27+/m1/s1. The maximum Gasteiger partial charge on any atom is 0.202 e. The van der Waals surface area contributed by atoms with E-state index in [1.807, 2.05) is 0 Å². The predicted molar refractivity (Wildman–Crippen MR) is 130 cm³/mol. The molecule has 1 fully saturated rings. The smallest absolute Gasteiger partial charge is 0.202 e. The summed E-state index contributed by atoms with van der Waals surface area (Å²) in [4.78, 5) is 39.6. The van der Waals surface area contributed by atoms with Crippen molar-refractivity contribution in [1.82, 2.24) is 0 Å². The third-order valence-corrected chi connectivity index (χ3v) is 7.80. The highest BCUT2D eigenvalue weighted by molar-refractivity contribution is 6.31. The molecule has 1 saturated heterocycles. The zero-order valence-corrected chi connectivity index (χ0v) is 21.1. The fourth-order valence-electron chi connectivity index (χ4n) is 5.66. The maximum absolute atomic E-state index is 13.6. The molecular formula is C27H29NO10. The van der Waals surface area contributed by atoms with Crippen LogP contribution in [0.3, 0.4) is 0 Å². The molecule has 0 aromatic heterocycles. The van der Waals surface area contributed by atoms with Crippen LogP contribution in [0, 0.1) is 0 Å². The number of methoxy groups -OCH3 is 1. The molecule has 2 aromatic carbocycles. The Morgan fingerprint density at radius 2 is 1.82 bits per heavy atom. The van der Waals surface area contributed by atoms with Crippen molar-refractivity contribution in [2.24, 2.45) is 5.73 Å². The number of nitrogens with two attached hydrogens (primary N) is 1. The number of aliphatic hydroxyl groups is 2. The molecule has 11 nitrogen and oxygen atoms in total. The first-order valence-corrected chi connectivity index (χ1v) is 12.2. The maximum atomic E-state index is 13.6. The summed E-state index contributed by atoms with van der Waals surface area (Å²) in [6.07, 6.45) is -4.53. The molecule has 1 heterocycles. The Labute approximate surface area is 217 Å². The van der Waals surface area contributed by atoms with Crippen LogP contribution in [0.4, 0.5) is 0 Å². The molecule has 0 radical (unpaired) electrons. The van der Waals surface area contributed by atoms with Gasteiger partial charge in [-0.1, -0.05) is 12.1 Å². The second-order valence-corrected chi connectivity index (χ2v) is 10.1. The summed E-state index contributed by atoms with van der Waals surface area (Å²) in [5.74, 6) is -3.18. The van der Waals surface area contributed by atoms with E-state index in [4.69, 9.17) is 19.9 Å². The number of ketones is 3. The van der Waals surface area contributed by atoms with Crippen molar-refractivity contribution in [1.29, 1.82) is 0 Å². The zero-order valence-electron chi connectivity index (χ0n) is 21.1. The van der Waals surface area contributed by atoms with E-state index in [-0.39, 0.29) is 40.8 Å². The molecule has 202 valence electrons. The number of phenols is 2. The van der Waals surface area contributed by atoms with Crippen LogP contribution in [0.15, 0.2) is 18.2 Å². The van der Waals surface area contributed by atoms with Gasteiger partial charge in [-0.25, -0.2) is 0 Å². The van der Waals surface area contributed by atoms with Crippen LogP contribution in [0.1, 0.15) is 75.8 Å². The van der Waals surface area contributed by atoms with Crippen LogP contribution in [0.2, 0.25) is 0 Å². The van der Waals surface area contributed by atoms with Crippen LogP contribution < -0.4 is 10.5 Å². The van der Waals surface area contributed by atoms with Gasteiger partial charge in [0.05, 0.1) is 42.1 Å². The van der Waals surface area contributed by atoms with Crippen LogP contribution >= 0.6 is 0 Å². The summed E-state index contributed by atoms with van der Waals surface area (Å²) in [5.41, 5.74) is 2.97. The number of ether oxygens (including phenoxy) is 3. The fraction of sp³-hybridized carbons (Fsp3) is 0.444. The number of fused-ring (bicyclic) bond motifs is 3. The minimum atomic E-state index is -2.00. The van der Waals surface area contributed by atoms with E-state index in [1.54, 1.807) is 6.92 Å². The lowest BCUT2D eigenvalue weighted by Crippen LogP contribution is -2.52. The van der Waals surface area contributed by atoms with Gasteiger partial charge in [0.2, 0.25) is 5.78 Å². The van der Waals surface area contributed by atoms with Gasteiger partial charge in [-0.15, -0.1) is 0 Å². The lowest BCUT2D eigenvalue weighted by atomic mass is 9.72. The van der Waals surface area contributed by atoms with Crippen molar-refractivity contribution in [3.8, 4) is 17.2 Å². The van der Waals surface area contributed by atoms with Gasteiger partial charge >= 0.3 is 0 Å². The van der Waals surface area contributed by atoms with Gasteiger partial charge in [0.1, 0.15) is 22.8 Å². The second-order valence-electron chi connectivity index (χ2n) is 10.1. The molecule has 0 spiro atoms. The summed E-state index contributed by atoms with van der Waals surface area (Å²) in [5, 5.41) is 44.1. The molecule has 38 heavy (non-hydrogen) atoms. The van der Waals surface area contributed by atoms with Crippen molar-refractivity contribution in [2.75, 3.05) is 7.11 Å². The molecule has 11 heteroatoms. The zero-order chi connectivity index (χ0) is 27.7. The molecular weight excluding hydrogens is 498 g/mol. The normalized spacial score (nSPS) is 30.3. The summed E-state index contributed by atoms with van der Waals surface area (Å²) in [6.45, 7) is 2.79. The van der Waals surface area contributed by atoms with E-state index in [9.17, 15) is 34.8 Å². The monoisotopic (exact) mass is 527 g/mol. The molecule has 6 atom stereocenters. The molecule has 0 saturated carbocycles. The Morgan fingerprint density at radius 1 is 1.13 bits per heavy atom. The summed E-state index contributed by atoms with van der Waals surface area (Å²) in [6, 6.07) is 3.75. The molecule has 1 aliphatic heterocycles. The van der Waals surface area contributed by atoms with Crippen molar-refractivity contribution in [3.05, 3.63) is 51.6 Å². The predicted octanol–water partition coefficient (Wildman–Crippen LogP) is 1.03. The average molecular weight is 528 g/mol. The van der Waals surface area contributed by atoms with Crippen molar-refractivity contribution in [3.63, 3.8) is 0 Å². The number of Topliss-reactive ketones (excluding diaryl/α,β-unsaturated/α-hetero) is 1. The minimum Gasteiger partial charge on any atom is -0.507 e. The summed E-state index contributed by atoms with van der Waals surface area (Å²) < 4.78 is 17.1. The molecule has 3 aliphatic rings. The number of hydrogen-bond acceptors (Lipinski definition) is 11. The number of aliphatic hydroxyl groups excluding tert-OH is 1. The Kier molecular flexibility index (Phi) is 6.32. The first kappa shape index (κ1) is 26.3. The largest absolute Gasteiger partial charge is 0.507 e. The molecule has 0 amide bonds. The van der Waals surface area contributed by atoms with E-state index in [2.05, 4.69) is 0 Å². The quantitative estimate of drug-likeness (QED) is 0.305. The number of rotatable bonds is 4. The molecule has 0 unspecified atom stereocenters. The van der Waals surface area contributed by atoms with Gasteiger partial charge in [-0.3, -0.25) is 14.4 Å². The van der Waals surface area contributed by atoms with Gasteiger partial charge < -0.3 is 40.4 Å². The Bertz CT molecular complexity index is 1360. The number of benzene rings is 2. The number of carbonyl (C=O) groups is 3. The highest BCUT2D eigenvalue weighted by Gasteiger charge is 2.49.